The number of carbonyl (C=O) groups is 1. The van der Waals surface area contributed by atoms with Gasteiger partial charge in [0.25, 0.3) is 0 Å². The monoisotopic (exact) mass is 271 g/mol. The lowest BCUT2D eigenvalue weighted by Crippen LogP contribution is -2.33. The lowest BCUT2D eigenvalue weighted by molar-refractivity contribution is -0.145. The second-order valence-electron chi connectivity index (χ2n) is 4.79. The van der Waals surface area contributed by atoms with E-state index < -0.39 is 0 Å². The third kappa shape index (κ3) is 6.61. The third-order valence-corrected chi connectivity index (χ3v) is 2.90. The number of amides is 1. The van der Waals surface area contributed by atoms with E-state index in [0.717, 1.165) is 4.90 Å². The molecule has 100 valence electrons. The topological polar surface area (TPSA) is 38.3 Å². The maximum atomic E-state index is 12.7. The predicted molar refractivity (Wildman–Crippen MR) is 70.7 cm³/mol. The molecule has 1 N–H and O–H groups in total. The van der Waals surface area contributed by atoms with Crippen molar-refractivity contribution in [2.45, 2.75) is 37.7 Å². The zero-order valence-electron chi connectivity index (χ0n) is 10.8. The average molecular weight is 271 g/mol. The molecule has 1 aromatic rings. The number of hydrogen-bond donors (Lipinski definition) is 1. The van der Waals surface area contributed by atoms with Crippen LogP contribution in [0.4, 0.5) is 4.39 Å². The van der Waals surface area contributed by atoms with Crippen LogP contribution in [0.1, 0.15) is 27.2 Å². The summed E-state index contributed by atoms with van der Waals surface area (Å²) < 4.78 is 12.7. The van der Waals surface area contributed by atoms with Crippen LogP contribution >= 0.6 is 11.8 Å². The van der Waals surface area contributed by atoms with Crippen molar-refractivity contribution >= 4 is 17.7 Å². The molecule has 0 saturated carbocycles. The van der Waals surface area contributed by atoms with E-state index in [1.807, 2.05) is 20.8 Å². The molecule has 0 atom stereocenters. The van der Waals surface area contributed by atoms with Crippen molar-refractivity contribution in [1.29, 1.82) is 0 Å². The van der Waals surface area contributed by atoms with Gasteiger partial charge < -0.3 is 0 Å². The van der Waals surface area contributed by atoms with Crippen molar-refractivity contribution in [3.63, 3.8) is 0 Å². The first-order valence-corrected chi connectivity index (χ1v) is 6.70. The van der Waals surface area contributed by atoms with Crippen LogP contribution in [0.3, 0.4) is 0 Å². The van der Waals surface area contributed by atoms with Crippen LogP contribution in [0.25, 0.3) is 0 Å². The van der Waals surface area contributed by atoms with Gasteiger partial charge in [-0.3, -0.25) is 9.63 Å². The number of rotatable bonds is 5. The highest BCUT2D eigenvalue weighted by atomic mass is 32.2. The quantitative estimate of drug-likeness (QED) is 0.660. The Labute approximate surface area is 111 Å². The van der Waals surface area contributed by atoms with Crippen molar-refractivity contribution in [1.82, 2.24) is 5.48 Å². The van der Waals surface area contributed by atoms with Crippen LogP contribution in [-0.2, 0) is 9.63 Å². The van der Waals surface area contributed by atoms with E-state index in [0.29, 0.717) is 12.2 Å². The minimum atomic E-state index is -0.389. The summed E-state index contributed by atoms with van der Waals surface area (Å²) in [7, 11) is 0. The van der Waals surface area contributed by atoms with E-state index in [2.05, 4.69) is 5.48 Å². The minimum Gasteiger partial charge on any atom is -0.273 e. The van der Waals surface area contributed by atoms with E-state index >= 15 is 0 Å². The Kier molecular flexibility index (Phi) is 5.62. The summed E-state index contributed by atoms with van der Waals surface area (Å²) in [4.78, 5) is 17.5. The summed E-state index contributed by atoms with van der Waals surface area (Å²) in [6.07, 6.45) is 0.359. The Balaban J connectivity index is 2.21. The summed E-state index contributed by atoms with van der Waals surface area (Å²) >= 11 is 1.51. The Bertz CT molecular complexity index is 387. The molecule has 0 aliphatic carbocycles. The van der Waals surface area contributed by atoms with Gasteiger partial charge in [0.15, 0.2) is 0 Å². The Hall–Kier alpha value is -1.07. The first-order chi connectivity index (χ1) is 8.37. The fourth-order valence-electron chi connectivity index (χ4n) is 1.05. The maximum absolute atomic E-state index is 12.7. The van der Waals surface area contributed by atoms with Crippen LogP contribution in [-0.4, -0.2) is 17.3 Å². The number of halogens is 1. The molecule has 0 saturated heterocycles. The second kappa shape index (κ2) is 6.75. The number of carbonyl (C=O) groups excluding carboxylic acids is 1. The van der Waals surface area contributed by atoms with E-state index in [1.165, 1.54) is 23.9 Å². The summed E-state index contributed by atoms with van der Waals surface area (Å²) in [6, 6.07) is 6.21. The van der Waals surface area contributed by atoms with Gasteiger partial charge >= 0.3 is 0 Å². The van der Waals surface area contributed by atoms with Crippen LogP contribution in [0, 0.1) is 5.82 Å². The number of benzene rings is 1. The molecule has 0 radical (unpaired) electrons. The molecule has 0 aliphatic rings. The normalized spacial score (nSPS) is 11.3. The highest BCUT2D eigenvalue weighted by Gasteiger charge is 2.12. The number of hydrogen-bond acceptors (Lipinski definition) is 3. The van der Waals surface area contributed by atoms with E-state index in [4.69, 9.17) is 4.84 Å². The van der Waals surface area contributed by atoms with Crippen molar-refractivity contribution in [2.24, 2.45) is 0 Å². The van der Waals surface area contributed by atoms with Crippen LogP contribution < -0.4 is 5.48 Å². The van der Waals surface area contributed by atoms with Gasteiger partial charge in [-0.2, -0.15) is 0 Å². The van der Waals surface area contributed by atoms with E-state index in [1.54, 1.807) is 12.1 Å². The van der Waals surface area contributed by atoms with Crippen molar-refractivity contribution < 1.29 is 14.0 Å². The van der Waals surface area contributed by atoms with Gasteiger partial charge in [0.2, 0.25) is 5.91 Å². The molecule has 3 nitrogen and oxygen atoms in total. The highest BCUT2D eigenvalue weighted by molar-refractivity contribution is 7.99. The molecule has 0 aliphatic heterocycles. The molecule has 0 aromatic heterocycles. The van der Waals surface area contributed by atoms with Gasteiger partial charge in [-0.15, -0.1) is 11.8 Å². The second-order valence-corrected chi connectivity index (χ2v) is 5.96. The SMILES string of the molecule is CC(C)(C)ONC(=O)CCSc1ccc(F)cc1. The zero-order chi connectivity index (χ0) is 13.6. The van der Waals surface area contributed by atoms with Gasteiger partial charge in [0, 0.05) is 17.1 Å². The number of thioether (sulfide) groups is 1. The predicted octanol–water partition coefficient (Wildman–Crippen LogP) is 3.15. The number of nitrogens with one attached hydrogen (secondary N) is 1. The standard InChI is InChI=1S/C13H18FNO2S/c1-13(2,3)17-15-12(16)8-9-18-11-6-4-10(14)5-7-11/h4-7H,8-9H2,1-3H3,(H,15,16). The summed E-state index contributed by atoms with van der Waals surface area (Å²) in [5.41, 5.74) is 2.02. The molecular weight excluding hydrogens is 253 g/mol. The van der Waals surface area contributed by atoms with Crippen LogP contribution in [0.2, 0.25) is 0 Å². The Morgan fingerprint density at radius 2 is 1.94 bits per heavy atom. The van der Waals surface area contributed by atoms with Crippen LogP contribution in [0.5, 0.6) is 0 Å². The summed E-state index contributed by atoms with van der Waals surface area (Å²) in [6.45, 7) is 5.58. The molecule has 0 bridgehead atoms. The smallest absolute Gasteiger partial charge is 0.244 e. The first kappa shape index (κ1) is 15.0. The Morgan fingerprint density at radius 3 is 2.50 bits per heavy atom. The Morgan fingerprint density at radius 1 is 1.33 bits per heavy atom. The largest absolute Gasteiger partial charge is 0.273 e. The highest BCUT2D eigenvalue weighted by Crippen LogP contribution is 2.18. The molecule has 0 spiro atoms. The molecule has 0 heterocycles. The van der Waals surface area contributed by atoms with E-state index in [-0.39, 0.29) is 17.3 Å². The van der Waals surface area contributed by atoms with E-state index in [9.17, 15) is 9.18 Å². The van der Waals surface area contributed by atoms with Gasteiger partial charge in [0.1, 0.15) is 5.82 Å². The van der Waals surface area contributed by atoms with Gasteiger partial charge in [-0.1, -0.05) is 0 Å². The molecule has 1 rings (SSSR count). The molecule has 1 amide bonds. The summed E-state index contributed by atoms with van der Waals surface area (Å²) in [5, 5.41) is 0. The number of hydroxylamine groups is 1. The van der Waals surface area contributed by atoms with Gasteiger partial charge in [-0.05, 0) is 45.0 Å². The molecule has 0 unspecified atom stereocenters. The lowest BCUT2D eigenvalue weighted by atomic mass is 10.2. The fourth-order valence-corrected chi connectivity index (χ4v) is 1.91. The van der Waals surface area contributed by atoms with Crippen molar-refractivity contribution in [2.75, 3.05) is 5.75 Å². The van der Waals surface area contributed by atoms with Crippen molar-refractivity contribution in [3.05, 3.63) is 30.1 Å². The lowest BCUT2D eigenvalue weighted by Gasteiger charge is -2.18. The summed E-state index contributed by atoms with van der Waals surface area (Å²) in [5.74, 6) is 0.223. The first-order valence-electron chi connectivity index (χ1n) is 5.72. The molecule has 18 heavy (non-hydrogen) atoms. The fraction of sp³-hybridized carbons (Fsp3) is 0.462. The average Bonchev–Trinajstić information content (AvgIpc) is 2.28. The molecule has 0 fully saturated rings. The van der Waals surface area contributed by atoms with Crippen LogP contribution in [0.15, 0.2) is 29.2 Å². The van der Waals surface area contributed by atoms with Gasteiger partial charge in [0.05, 0.1) is 5.60 Å². The van der Waals surface area contributed by atoms with Gasteiger partial charge in [-0.25, -0.2) is 9.87 Å². The zero-order valence-corrected chi connectivity index (χ0v) is 11.6. The minimum absolute atomic E-state index is 0.153. The molecular formula is C13H18FNO2S. The molecule has 1 aromatic carbocycles. The van der Waals surface area contributed by atoms with Crippen molar-refractivity contribution in [3.8, 4) is 0 Å². The molecule has 5 heteroatoms. The third-order valence-electron chi connectivity index (χ3n) is 1.88. The maximum Gasteiger partial charge on any atom is 0.244 e.